The predicted molar refractivity (Wildman–Crippen MR) is 86.4 cm³/mol. The van der Waals surface area contributed by atoms with Gasteiger partial charge in [-0.25, -0.2) is 0 Å². The zero-order chi connectivity index (χ0) is 14.1. The van der Waals surface area contributed by atoms with Crippen LogP contribution in [0.3, 0.4) is 0 Å². The van der Waals surface area contributed by atoms with Gasteiger partial charge in [0.25, 0.3) is 0 Å². The molecule has 0 radical (unpaired) electrons. The van der Waals surface area contributed by atoms with Crippen LogP contribution in [-0.4, -0.2) is 0 Å². The molecule has 0 N–H and O–H groups in total. The van der Waals surface area contributed by atoms with Crippen molar-refractivity contribution in [2.45, 2.75) is 66.2 Å². The van der Waals surface area contributed by atoms with Gasteiger partial charge in [0.15, 0.2) is 0 Å². The molecule has 2 unspecified atom stereocenters. The minimum absolute atomic E-state index is 0.856. The van der Waals surface area contributed by atoms with Crippen LogP contribution >= 0.6 is 0 Å². The summed E-state index contributed by atoms with van der Waals surface area (Å²) in [5, 5.41) is 0. The van der Waals surface area contributed by atoms with Gasteiger partial charge in [-0.05, 0) is 29.7 Å². The highest BCUT2D eigenvalue weighted by Gasteiger charge is 2.17. The van der Waals surface area contributed by atoms with E-state index >= 15 is 0 Å². The fraction of sp³-hybridized carbons (Fsp3) is 0.684. The molecule has 0 heterocycles. The molecule has 0 saturated carbocycles. The largest absolute Gasteiger partial charge is 0.0654 e. The molecule has 1 aromatic carbocycles. The van der Waals surface area contributed by atoms with Crippen molar-refractivity contribution in [1.29, 1.82) is 0 Å². The molecule has 3 atom stereocenters. The number of benzene rings is 1. The summed E-state index contributed by atoms with van der Waals surface area (Å²) in [5.74, 6) is 2.60. The van der Waals surface area contributed by atoms with Crippen LogP contribution < -0.4 is 0 Å². The maximum atomic E-state index is 2.46. The lowest BCUT2D eigenvalue weighted by Gasteiger charge is -2.25. The molecule has 0 aromatic heterocycles. The smallest absolute Gasteiger partial charge is 0.0248 e. The van der Waals surface area contributed by atoms with Gasteiger partial charge in [-0.1, -0.05) is 90.1 Å². The molecule has 0 amide bonds. The van der Waals surface area contributed by atoms with Crippen LogP contribution in [-0.2, 0) is 6.42 Å². The molecule has 0 aliphatic heterocycles. The quantitative estimate of drug-likeness (QED) is 0.502. The average Bonchev–Trinajstić information content (AvgIpc) is 2.45. The van der Waals surface area contributed by atoms with E-state index in [0.717, 1.165) is 17.8 Å². The SMILES string of the molecule is CCCC(Cc1ccccc1)C(C)CC[C@@H](C)CC. The first-order chi connectivity index (χ1) is 9.17. The molecule has 0 spiro atoms. The molecule has 108 valence electrons. The lowest BCUT2D eigenvalue weighted by molar-refractivity contribution is 0.290. The van der Waals surface area contributed by atoms with Crippen molar-refractivity contribution >= 4 is 0 Å². The van der Waals surface area contributed by atoms with Crippen molar-refractivity contribution in [3.8, 4) is 0 Å². The Morgan fingerprint density at radius 2 is 1.58 bits per heavy atom. The van der Waals surface area contributed by atoms with Gasteiger partial charge in [0.1, 0.15) is 0 Å². The van der Waals surface area contributed by atoms with Crippen LogP contribution in [0.2, 0.25) is 0 Å². The second-order valence-corrected chi connectivity index (χ2v) is 6.31. The van der Waals surface area contributed by atoms with Crippen molar-refractivity contribution in [3.63, 3.8) is 0 Å². The highest BCUT2D eigenvalue weighted by molar-refractivity contribution is 5.15. The van der Waals surface area contributed by atoms with E-state index in [1.165, 1.54) is 44.1 Å². The summed E-state index contributed by atoms with van der Waals surface area (Å²) in [4.78, 5) is 0. The van der Waals surface area contributed by atoms with Gasteiger partial charge in [0.05, 0.1) is 0 Å². The van der Waals surface area contributed by atoms with Crippen molar-refractivity contribution in [2.75, 3.05) is 0 Å². The Hall–Kier alpha value is -0.780. The second kappa shape index (κ2) is 9.18. The first-order valence-corrected chi connectivity index (χ1v) is 8.21. The Balaban J connectivity index is 2.51. The van der Waals surface area contributed by atoms with Gasteiger partial charge in [0, 0.05) is 0 Å². The van der Waals surface area contributed by atoms with E-state index < -0.39 is 0 Å². The van der Waals surface area contributed by atoms with E-state index in [1.807, 2.05) is 0 Å². The molecule has 0 aliphatic carbocycles. The molecule has 0 fully saturated rings. The van der Waals surface area contributed by atoms with Crippen LogP contribution in [0.25, 0.3) is 0 Å². The molecule has 0 heteroatoms. The highest BCUT2D eigenvalue weighted by atomic mass is 14.2. The third kappa shape index (κ3) is 6.27. The summed E-state index contributed by atoms with van der Waals surface area (Å²) in [6.45, 7) is 9.48. The van der Waals surface area contributed by atoms with E-state index in [0.29, 0.717) is 0 Å². The summed E-state index contributed by atoms with van der Waals surface area (Å²) < 4.78 is 0. The third-order valence-electron chi connectivity index (χ3n) is 4.62. The zero-order valence-corrected chi connectivity index (χ0v) is 13.4. The zero-order valence-electron chi connectivity index (χ0n) is 13.4. The van der Waals surface area contributed by atoms with Gasteiger partial charge in [-0.15, -0.1) is 0 Å². The normalized spacial score (nSPS) is 16.0. The van der Waals surface area contributed by atoms with Gasteiger partial charge in [-0.3, -0.25) is 0 Å². The fourth-order valence-corrected chi connectivity index (χ4v) is 2.86. The summed E-state index contributed by atoms with van der Waals surface area (Å²) in [6.07, 6.45) is 8.06. The fourth-order valence-electron chi connectivity index (χ4n) is 2.86. The lowest BCUT2D eigenvalue weighted by atomic mass is 9.81. The maximum Gasteiger partial charge on any atom is -0.0248 e. The molecule has 0 aliphatic rings. The molecular formula is C19H32. The minimum Gasteiger partial charge on any atom is -0.0654 e. The summed E-state index contributed by atoms with van der Waals surface area (Å²) in [7, 11) is 0. The Labute approximate surface area is 120 Å². The first kappa shape index (κ1) is 16.3. The van der Waals surface area contributed by atoms with Crippen molar-refractivity contribution in [1.82, 2.24) is 0 Å². The standard InChI is InChI=1S/C19H32/c1-5-10-19(15-18-11-8-7-9-12-18)17(4)14-13-16(3)6-2/h7-9,11-12,16-17,19H,5-6,10,13-15H2,1-4H3/t16-,17?,19?/m0/s1. The molecular weight excluding hydrogens is 228 g/mol. The van der Waals surface area contributed by atoms with E-state index in [-0.39, 0.29) is 0 Å². The van der Waals surface area contributed by atoms with Gasteiger partial charge < -0.3 is 0 Å². The van der Waals surface area contributed by atoms with Crippen molar-refractivity contribution < 1.29 is 0 Å². The summed E-state index contributed by atoms with van der Waals surface area (Å²) in [5.41, 5.74) is 1.51. The van der Waals surface area contributed by atoms with E-state index in [1.54, 1.807) is 0 Å². The van der Waals surface area contributed by atoms with Crippen LogP contribution in [0.1, 0.15) is 65.4 Å². The third-order valence-corrected chi connectivity index (χ3v) is 4.62. The second-order valence-electron chi connectivity index (χ2n) is 6.31. The van der Waals surface area contributed by atoms with Crippen molar-refractivity contribution in [2.24, 2.45) is 17.8 Å². The number of hydrogen-bond donors (Lipinski definition) is 0. The number of hydrogen-bond acceptors (Lipinski definition) is 0. The van der Waals surface area contributed by atoms with E-state index in [2.05, 4.69) is 58.0 Å². The van der Waals surface area contributed by atoms with Crippen LogP contribution in [0.5, 0.6) is 0 Å². The molecule has 0 saturated heterocycles. The van der Waals surface area contributed by atoms with Gasteiger partial charge in [-0.2, -0.15) is 0 Å². The van der Waals surface area contributed by atoms with Crippen LogP contribution in [0.15, 0.2) is 30.3 Å². The Morgan fingerprint density at radius 3 is 2.16 bits per heavy atom. The topological polar surface area (TPSA) is 0 Å². The summed E-state index contributed by atoms with van der Waals surface area (Å²) >= 11 is 0. The predicted octanol–water partition coefficient (Wildman–Crippen LogP) is 6.11. The lowest BCUT2D eigenvalue weighted by Crippen LogP contribution is -2.15. The Bertz CT molecular complexity index is 314. The van der Waals surface area contributed by atoms with E-state index in [4.69, 9.17) is 0 Å². The molecule has 1 rings (SSSR count). The maximum absolute atomic E-state index is 2.46. The number of rotatable bonds is 9. The van der Waals surface area contributed by atoms with E-state index in [9.17, 15) is 0 Å². The molecule has 0 bridgehead atoms. The van der Waals surface area contributed by atoms with Gasteiger partial charge >= 0.3 is 0 Å². The van der Waals surface area contributed by atoms with Gasteiger partial charge in [0.2, 0.25) is 0 Å². The summed E-state index contributed by atoms with van der Waals surface area (Å²) in [6, 6.07) is 11.0. The van der Waals surface area contributed by atoms with Crippen molar-refractivity contribution in [3.05, 3.63) is 35.9 Å². The average molecular weight is 260 g/mol. The Kier molecular flexibility index (Phi) is 7.86. The monoisotopic (exact) mass is 260 g/mol. The molecule has 0 nitrogen and oxygen atoms in total. The minimum atomic E-state index is 0.856. The first-order valence-electron chi connectivity index (χ1n) is 8.21. The van der Waals surface area contributed by atoms with Crippen LogP contribution in [0, 0.1) is 17.8 Å². The Morgan fingerprint density at radius 1 is 0.895 bits per heavy atom. The molecule has 19 heavy (non-hydrogen) atoms. The van der Waals surface area contributed by atoms with Crippen LogP contribution in [0.4, 0.5) is 0 Å². The highest BCUT2D eigenvalue weighted by Crippen LogP contribution is 2.27. The molecule has 1 aromatic rings.